The minimum atomic E-state index is -3.40. The lowest BCUT2D eigenvalue weighted by molar-refractivity contribution is 0.474. The molecule has 0 saturated carbocycles. The van der Waals surface area contributed by atoms with E-state index in [0.29, 0.717) is 16.5 Å². The van der Waals surface area contributed by atoms with Crippen molar-refractivity contribution in [3.8, 4) is 11.5 Å². The average Bonchev–Trinajstić information content (AvgIpc) is 2.32. The lowest BCUT2D eigenvalue weighted by Gasteiger charge is -2.06. The Morgan fingerprint density at radius 1 is 1.17 bits per heavy atom. The fourth-order valence-corrected chi connectivity index (χ4v) is 1.87. The Balaban J connectivity index is 2.24. The molecule has 94 valence electrons. The molecule has 7 heteroatoms. The van der Waals surface area contributed by atoms with Gasteiger partial charge in [-0.2, -0.15) is 0 Å². The highest BCUT2D eigenvalue weighted by molar-refractivity contribution is 7.90. The number of nitrogens with zero attached hydrogens (tertiary/aromatic N) is 2. The third-order valence-electron chi connectivity index (χ3n) is 2.00. The molecule has 0 bridgehead atoms. The van der Waals surface area contributed by atoms with Gasteiger partial charge >= 0.3 is 0 Å². The van der Waals surface area contributed by atoms with Crippen LogP contribution in [0.3, 0.4) is 0 Å². The standard InChI is InChI=1S/C11H9ClN2O3S/c1-18(15,16)11-13-6-8(7-14-11)17-10-5-3-2-4-9(10)12/h2-7H,1H3. The Kier molecular flexibility index (Phi) is 3.49. The van der Waals surface area contributed by atoms with E-state index in [1.54, 1.807) is 24.3 Å². The Labute approximate surface area is 109 Å². The summed E-state index contributed by atoms with van der Waals surface area (Å²) in [6.07, 6.45) is 3.61. The fraction of sp³-hybridized carbons (Fsp3) is 0.0909. The highest BCUT2D eigenvalue weighted by Gasteiger charge is 2.11. The van der Waals surface area contributed by atoms with Gasteiger partial charge in [0.05, 0.1) is 17.4 Å². The van der Waals surface area contributed by atoms with Crippen LogP contribution in [-0.4, -0.2) is 24.6 Å². The molecule has 0 fully saturated rings. The van der Waals surface area contributed by atoms with Gasteiger partial charge in [-0.25, -0.2) is 18.4 Å². The van der Waals surface area contributed by atoms with Crippen LogP contribution in [0.4, 0.5) is 0 Å². The molecule has 1 aromatic carbocycles. The van der Waals surface area contributed by atoms with Gasteiger partial charge in [0.25, 0.3) is 0 Å². The van der Waals surface area contributed by atoms with Crippen LogP contribution < -0.4 is 4.74 Å². The Morgan fingerprint density at radius 2 is 1.78 bits per heavy atom. The maximum atomic E-state index is 11.2. The van der Waals surface area contributed by atoms with Crippen LogP contribution in [0.5, 0.6) is 11.5 Å². The van der Waals surface area contributed by atoms with E-state index in [0.717, 1.165) is 6.26 Å². The van der Waals surface area contributed by atoms with Crippen molar-refractivity contribution in [3.63, 3.8) is 0 Å². The van der Waals surface area contributed by atoms with Crippen LogP contribution in [0, 0.1) is 0 Å². The molecule has 1 aromatic heterocycles. The van der Waals surface area contributed by atoms with Crippen molar-refractivity contribution in [3.05, 3.63) is 41.7 Å². The second kappa shape index (κ2) is 4.91. The highest BCUT2D eigenvalue weighted by atomic mass is 35.5. The Morgan fingerprint density at radius 3 is 2.33 bits per heavy atom. The molecule has 0 aliphatic rings. The van der Waals surface area contributed by atoms with Gasteiger partial charge in [0.15, 0.2) is 5.75 Å². The first kappa shape index (κ1) is 12.8. The third kappa shape index (κ3) is 2.96. The molecule has 0 radical (unpaired) electrons. The van der Waals surface area contributed by atoms with Gasteiger partial charge in [0.2, 0.25) is 15.0 Å². The number of hydrogen-bond donors (Lipinski definition) is 0. The predicted molar refractivity (Wildman–Crippen MR) is 66.7 cm³/mol. The summed E-state index contributed by atoms with van der Waals surface area (Å²) in [6.45, 7) is 0. The van der Waals surface area contributed by atoms with Crippen molar-refractivity contribution in [1.82, 2.24) is 9.97 Å². The topological polar surface area (TPSA) is 69.2 Å². The number of halogens is 1. The van der Waals surface area contributed by atoms with Gasteiger partial charge in [-0.15, -0.1) is 0 Å². The maximum Gasteiger partial charge on any atom is 0.246 e. The third-order valence-corrected chi connectivity index (χ3v) is 3.19. The fourth-order valence-electron chi connectivity index (χ4n) is 1.20. The molecule has 0 spiro atoms. The van der Waals surface area contributed by atoms with Gasteiger partial charge < -0.3 is 4.74 Å². The Hall–Kier alpha value is -1.66. The zero-order valence-electron chi connectivity index (χ0n) is 9.37. The first-order chi connectivity index (χ1) is 8.47. The predicted octanol–water partition coefficient (Wildman–Crippen LogP) is 2.33. The molecule has 0 aliphatic heterocycles. The van der Waals surface area contributed by atoms with Gasteiger partial charge in [0, 0.05) is 6.26 Å². The quantitative estimate of drug-likeness (QED) is 0.809. The maximum absolute atomic E-state index is 11.2. The van der Waals surface area contributed by atoms with E-state index in [9.17, 15) is 8.42 Å². The van der Waals surface area contributed by atoms with Crippen molar-refractivity contribution >= 4 is 21.4 Å². The van der Waals surface area contributed by atoms with E-state index in [1.165, 1.54) is 12.4 Å². The van der Waals surface area contributed by atoms with Crippen molar-refractivity contribution < 1.29 is 13.2 Å². The largest absolute Gasteiger partial charge is 0.453 e. The molecule has 0 aliphatic carbocycles. The summed E-state index contributed by atoms with van der Waals surface area (Å²) in [5.74, 6) is 0.769. The number of hydrogen-bond acceptors (Lipinski definition) is 5. The summed E-state index contributed by atoms with van der Waals surface area (Å²) in [5, 5.41) is 0.207. The van der Waals surface area contributed by atoms with Crippen molar-refractivity contribution in [2.24, 2.45) is 0 Å². The van der Waals surface area contributed by atoms with E-state index in [2.05, 4.69) is 9.97 Å². The summed E-state index contributed by atoms with van der Waals surface area (Å²) in [4.78, 5) is 7.42. The summed E-state index contributed by atoms with van der Waals surface area (Å²) in [6, 6.07) is 6.92. The van der Waals surface area contributed by atoms with Crippen molar-refractivity contribution in [1.29, 1.82) is 0 Å². The molecule has 0 N–H and O–H groups in total. The molecule has 2 rings (SSSR count). The molecule has 0 saturated heterocycles. The van der Waals surface area contributed by atoms with Crippen LogP contribution in [0.25, 0.3) is 0 Å². The van der Waals surface area contributed by atoms with E-state index < -0.39 is 9.84 Å². The van der Waals surface area contributed by atoms with Gasteiger partial charge in [-0.05, 0) is 12.1 Å². The monoisotopic (exact) mass is 284 g/mol. The lowest BCUT2D eigenvalue weighted by Crippen LogP contribution is -2.03. The van der Waals surface area contributed by atoms with Crippen LogP contribution in [0.1, 0.15) is 0 Å². The Bertz CT molecular complexity index is 656. The molecular weight excluding hydrogens is 276 g/mol. The normalized spacial score (nSPS) is 11.2. The number of sulfone groups is 1. The van der Waals surface area contributed by atoms with Crippen LogP contribution >= 0.6 is 11.6 Å². The first-order valence-corrected chi connectivity index (χ1v) is 7.18. The van der Waals surface area contributed by atoms with E-state index in [1.807, 2.05) is 0 Å². The van der Waals surface area contributed by atoms with E-state index in [4.69, 9.17) is 16.3 Å². The van der Waals surface area contributed by atoms with Crippen LogP contribution in [0.2, 0.25) is 5.02 Å². The summed E-state index contributed by atoms with van der Waals surface area (Å²) in [7, 11) is -3.40. The second-order valence-electron chi connectivity index (χ2n) is 3.51. The van der Waals surface area contributed by atoms with Crippen molar-refractivity contribution in [2.45, 2.75) is 5.16 Å². The summed E-state index contributed by atoms with van der Waals surface area (Å²) >= 11 is 5.92. The number of benzene rings is 1. The number of aromatic nitrogens is 2. The van der Waals surface area contributed by atoms with Gasteiger partial charge in [-0.1, -0.05) is 23.7 Å². The smallest absolute Gasteiger partial charge is 0.246 e. The van der Waals surface area contributed by atoms with Crippen LogP contribution in [-0.2, 0) is 9.84 Å². The van der Waals surface area contributed by atoms with Crippen LogP contribution in [0.15, 0.2) is 41.8 Å². The highest BCUT2D eigenvalue weighted by Crippen LogP contribution is 2.27. The first-order valence-electron chi connectivity index (χ1n) is 4.91. The zero-order chi connectivity index (χ0) is 13.2. The summed E-state index contributed by atoms with van der Waals surface area (Å²) in [5.41, 5.74) is 0. The molecule has 5 nitrogen and oxygen atoms in total. The molecule has 0 unspecified atom stereocenters. The molecule has 0 amide bonds. The zero-order valence-corrected chi connectivity index (χ0v) is 10.9. The minimum Gasteiger partial charge on any atom is -0.453 e. The number of ether oxygens (including phenoxy) is 1. The SMILES string of the molecule is CS(=O)(=O)c1ncc(Oc2ccccc2Cl)cn1. The van der Waals surface area contributed by atoms with Gasteiger partial charge in [-0.3, -0.25) is 0 Å². The van der Waals surface area contributed by atoms with Gasteiger partial charge in [0.1, 0.15) is 5.75 Å². The number of rotatable bonds is 3. The average molecular weight is 285 g/mol. The number of para-hydroxylation sites is 1. The summed E-state index contributed by atoms with van der Waals surface area (Å²) < 4.78 is 27.8. The molecule has 1 heterocycles. The lowest BCUT2D eigenvalue weighted by atomic mass is 10.3. The van der Waals surface area contributed by atoms with E-state index in [-0.39, 0.29) is 5.16 Å². The van der Waals surface area contributed by atoms with E-state index >= 15 is 0 Å². The van der Waals surface area contributed by atoms with Crippen molar-refractivity contribution in [2.75, 3.05) is 6.26 Å². The molecule has 18 heavy (non-hydrogen) atoms. The molecular formula is C11H9ClN2O3S. The molecule has 0 atom stereocenters. The second-order valence-corrected chi connectivity index (χ2v) is 5.82. The molecule has 2 aromatic rings. The minimum absolute atomic E-state index is 0.242.